The maximum atomic E-state index is 13.4. The molecule has 1 N–H and O–H groups in total. The summed E-state index contributed by atoms with van der Waals surface area (Å²) in [6.45, 7) is 2.33. The predicted molar refractivity (Wildman–Crippen MR) is 68.3 cm³/mol. The second-order valence-corrected chi connectivity index (χ2v) is 6.95. The fourth-order valence-electron chi connectivity index (χ4n) is 2.14. The van der Waals surface area contributed by atoms with E-state index in [9.17, 15) is 12.8 Å². The minimum atomic E-state index is -3.85. The first kappa shape index (κ1) is 14.0. The SMILES string of the molecule is CC1(CNS(=O)(=O)c2cccc(F)c2C#N)CCC1. The molecule has 0 atom stereocenters. The highest BCUT2D eigenvalue weighted by molar-refractivity contribution is 7.89. The van der Waals surface area contributed by atoms with Gasteiger partial charge in [0.1, 0.15) is 22.3 Å². The summed E-state index contributed by atoms with van der Waals surface area (Å²) in [6, 6.07) is 5.21. The smallest absolute Gasteiger partial charge is 0.211 e. The molecule has 0 saturated heterocycles. The first-order valence-corrected chi connectivity index (χ1v) is 7.55. The average Bonchev–Trinajstić information content (AvgIpc) is 2.34. The molecule has 19 heavy (non-hydrogen) atoms. The van der Waals surface area contributed by atoms with E-state index in [1.165, 1.54) is 12.1 Å². The molecule has 0 spiro atoms. The van der Waals surface area contributed by atoms with Crippen molar-refractivity contribution in [1.29, 1.82) is 5.26 Å². The lowest BCUT2D eigenvalue weighted by Gasteiger charge is -2.38. The zero-order valence-electron chi connectivity index (χ0n) is 10.6. The Morgan fingerprint density at radius 1 is 1.47 bits per heavy atom. The van der Waals surface area contributed by atoms with E-state index < -0.39 is 21.4 Å². The molecule has 0 radical (unpaired) electrons. The topological polar surface area (TPSA) is 70.0 Å². The summed E-state index contributed by atoms with van der Waals surface area (Å²) in [5.41, 5.74) is -0.457. The van der Waals surface area contributed by atoms with Crippen molar-refractivity contribution in [3.05, 3.63) is 29.6 Å². The lowest BCUT2D eigenvalue weighted by molar-refractivity contribution is 0.166. The van der Waals surface area contributed by atoms with E-state index in [2.05, 4.69) is 4.72 Å². The molecule has 1 aromatic carbocycles. The Kier molecular flexibility index (Phi) is 3.61. The van der Waals surface area contributed by atoms with Crippen molar-refractivity contribution in [2.45, 2.75) is 31.1 Å². The summed E-state index contributed by atoms with van der Waals surface area (Å²) < 4.78 is 40.1. The normalized spacial score (nSPS) is 17.5. The number of nitriles is 1. The van der Waals surface area contributed by atoms with Crippen molar-refractivity contribution < 1.29 is 12.8 Å². The van der Waals surface area contributed by atoms with Gasteiger partial charge >= 0.3 is 0 Å². The highest BCUT2D eigenvalue weighted by Crippen LogP contribution is 2.39. The quantitative estimate of drug-likeness (QED) is 0.920. The highest BCUT2D eigenvalue weighted by atomic mass is 32.2. The largest absolute Gasteiger partial charge is 0.242 e. The average molecular weight is 282 g/mol. The van der Waals surface area contributed by atoms with Crippen molar-refractivity contribution in [1.82, 2.24) is 4.72 Å². The number of hydrogen-bond acceptors (Lipinski definition) is 3. The first-order valence-electron chi connectivity index (χ1n) is 6.06. The van der Waals surface area contributed by atoms with Crippen LogP contribution in [0.1, 0.15) is 31.7 Å². The van der Waals surface area contributed by atoms with Gasteiger partial charge in [0, 0.05) is 6.54 Å². The Labute approximate surface area is 112 Å². The van der Waals surface area contributed by atoms with Crippen LogP contribution in [0.2, 0.25) is 0 Å². The molecule has 0 aromatic heterocycles. The van der Waals surface area contributed by atoms with Crippen LogP contribution in [0.25, 0.3) is 0 Å². The third-order valence-corrected chi connectivity index (χ3v) is 5.07. The highest BCUT2D eigenvalue weighted by Gasteiger charge is 2.33. The van der Waals surface area contributed by atoms with Gasteiger partial charge in [-0.2, -0.15) is 5.26 Å². The Hall–Kier alpha value is -1.45. The maximum Gasteiger partial charge on any atom is 0.242 e. The van der Waals surface area contributed by atoms with Crippen LogP contribution >= 0.6 is 0 Å². The molecule has 1 aromatic rings. The van der Waals surface area contributed by atoms with Crippen LogP contribution in [0.15, 0.2) is 23.1 Å². The molecule has 6 heteroatoms. The van der Waals surface area contributed by atoms with Crippen LogP contribution in [-0.4, -0.2) is 15.0 Å². The molecule has 102 valence electrons. The van der Waals surface area contributed by atoms with Crippen LogP contribution < -0.4 is 4.72 Å². The molecule has 0 bridgehead atoms. The summed E-state index contributed by atoms with van der Waals surface area (Å²) in [5.74, 6) is -0.819. The number of nitrogens with one attached hydrogen (secondary N) is 1. The van der Waals surface area contributed by atoms with E-state index in [0.717, 1.165) is 25.3 Å². The monoisotopic (exact) mass is 282 g/mol. The van der Waals surface area contributed by atoms with Crippen LogP contribution in [-0.2, 0) is 10.0 Å². The lowest BCUT2D eigenvalue weighted by atomic mass is 9.71. The van der Waals surface area contributed by atoms with Gasteiger partial charge in [-0.05, 0) is 30.4 Å². The summed E-state index contributed by atoms with van der Waals surface area (Å²) in [6.07, 6.45) is 3.05. The molecule has 1 saturated carbocycles. The Morgan fingerprint density at radius 3 is 2.68 bits per heavy atom. The van der Waals surface area contributed by atoms with Gasteiger partial charge in [-0.25, -0.2) is 17.5 Å². The molecular formula is C13H15FN2O2S. The number of halogens is 1. The fourth-order valence-corrected chi connectivity index (χ4v) is 3.50. The number of hydrogen-bond donors (Lipinski definition) is 1. The molecule has 1 aliphatic carbocycles. The molecule has 4 nitrogen and oxygen atoms in total. The van der Waals surface area contributed by atoms with E-state index in [1.54, 1.807) is 6.07 Å². The van der Waals surface area contributed by atoms with E-state index in [-0.39, 0.29) is 10.3 Å². The Morgan fingerprint density at radius 2 is 2.16 bits per heavy atom. The van der Waals surface area contributed by atoms with Gasteiger partial charge in [-0.15, -0.1) is 0 Å². The van der Waals surface area contributed by atoms with E-state index in [0.29, 0.717) is 6.54 Å². The third kappa shape index (κ3) is 2.77. The summed E-state index contributed by atoms with van der Waals surface area (Å²) in [5, 5.41) is 8.87. The lowest BCUT2D eigenvalue weighted by Crippen LogP contribution is -2.40. The Balaban J connectivity index is 2.25. The number of benzene rings is 1. The molecule has 0 heterocycles. The standard InChI is InChI=1S/C13H15FN2O2S/c1-13(6-3-7-13)9-16-19(17,18)12-5-2-4-11(14)10(12)8-15/h2,4-5,16H,3,6-7,9H2,1H3. The van der Waals surface area contributed by atoms with Gasteiger partial charge in [0.25, 0.3) is 0 Å². The van der Waals surface area contributed by atoms with Gasteiger partial charge in [0.2, 0.25) is 10.0 Å². The van der Waals surface area contributed by atoms with Crippen LogP contribution in [0, 0.1) is 22.6 Å². The fraction of sp³-hybridized carbons (Fsp3) is 0.462. The molecule has 1 aliphatic rings. The van der Waals surface area contributed by atoms with E-state index >= 15 is 0 Å². The zero-order valence-corrected chi connectivity index (χ0v) is 11.4. The minimum absolute atomic E-state index is 0.0206. The summed E-state index contributed by atoms with van der Waals surface area (Å²) in [4.78, 5) is -0.294. The van der Waals surface area contributed by atoms with Crippen molar-refractivity contribution in [2.75, 3.05) is 6.54 Å². The van der Waals surface area contributed by atoms with Gasteiger partial charge in [0.05, 0.1) is 0 Å². The van der Waals surface area contributed by atoms with Crippen molar-refractivity contribution in [2.24, 2.45) is 5.41 Å². The molecule has 1 fully saturated rings. The second-order valence-electron chi connectivity index (χ2n) is 5.21. The maximum absolute atomic E-state index is 13.4. The molecular weight excluding hydrogens is 267 g/mol. The molecule has 0 unspecified atom stereocenters. The minimum Gasteiger partial charge on any atom is -0.211 e. The van der Waals surface area contributed by atoms with E-state index in [4.69, 9.17) is 5.26 Å². The molecule has 0 amide bonds. The Bertz CT molecular complexity index is 631. The zero-order chi connectivity index (χ0) is 14.1. The van der Waals surface area contributed by atoms with Gasteiger partial charge in [-0.1, -0.05) is 19.4 Å². The van der Waals surface area contributed by atoms with Crippen LogP contribution in [0.3, 0.4) is 0 Å². The number of nitrogens with zero attached hydrogens (tertiary/aromatic N) is 1. The first-order chi connectivity index (χ1) is 8.88. The van der Waals surface area contributed by atoms with Crippen LogP contribution in [0.5, 0.6) is 0 Å². The van der Waals surface area contributed by atoms with Crippen LogP contribution in [0.4, 0.5) is 4.39 Å². The predicted octanol–water partition coefficient (Wildman–Crippen LogP) is 2.17. The third-order valence-electron chi connectivity index (χ3n) is 3.63. The number of sulfonamides is 1. The van der Waals surface area contributed by atoms with Crippen molar-refractivity contribution in [3.63, 3.8) is 0 Å². The van der Waals surface area contributed by atoms with Crippen molar-refractivity contribution in [3.8, 4) is 6.07 Å². The summed E-state index contributed by atoms with van der Waals surface area (Å²) in [7, 11) is -3.85. The molecule has 2 rings (SSSR count). The van der Waals surface area contributed by atoms with Gasteiger partial charge in [-0.3, -0.25) is 0 Å². The van der Waals surface area contributed by atoms with Gasteiger partial charge in [0.15, 0.2) is 0 Å². The second kappa shape index (κ2) is 4.91. The molecule has 0 aliphatic heterocycles. The number of rotatable bonds is 4. The van der Waals surface area contributed by atoms with Crippen molar-refractivity contribution >= 4 is 10.0 Å². The summed E-state index contributed by atoms with van der Waals surface area (Å²) >= 11 is 0. The van der Waals surface area contributed by atoms with Gasteiger partial charge < -0.3 is 0 Å². The van der Waals surface area contributed by atoms with E-state index in [1.807, 2.05) is 6.92 Å².